The third kappa shape index (κ3) is 8.01. The van der Waals surface area contributed by atoms with E-state index in [0.29, 0.717) is 0 Å². The van der Waals surface area contributed by atoms with Crippen molar-refractivity contribution in [1.82, 2.24) is 4.98 Å². The molecule has 0 saturated carbocycles. The van der Waals surface area contributed by atoms with Crippen molar-refractivity contribution in [1.29, 1.82) is 0 Å². The van der Waals surface area contributed by atoms with Gasteiger partial charge in [-0.1, -0.05) is 119 Å². The third-order valence-electron chi connectivity index (χ3n) is 10.3. The van der Waals surface area contributed by atoms with E-state index in [-0.39, 0.29) is 63.6 Å². The fourth-order valence-electron chi connectivity index (χ4n) is 6.59. The molecule has 0 saturated heterocycles. The van der Waals surface area contributed by atoms with Crippen LogP contribution in [-0.4, -0.2) is 30.0 Å². The molecule has 10 heteroatoms. The first kappa shape index (κ1) is 39.9. The first-order valence-electron chi connectivity index (χ1n) is 18.7. The molecule has 3 aromatic carbocycles. The highest BCUT2D eigenvalue weighted by molar-refractivity contribution is 5.99. The topological polar surface area (TPSA) is 82.1 Å². The fraction of sp³-hybridized carbons (Fsp3) is 0.444. The van der Waals surface area contributed by atoms with Crippen LogP contribution in [0.3, 0.4) is 0 Å². The summed E-state index contributed by atoms with van der Waals surface area (Å²) in [5.41, 5.74) is 9.09. The number of rotatable bonds is 5. The highest BCUT2D eigenvalue weighted by Crippen LogP contribution is 2.39. The molecule has 292 valence electrons. The molecule has 0 fully saturated rings. The average Bonchev–Trinajstić information content (AvgIpc) is 3.80. The van der Waals surface area contributed by atoms with Crippen LogP contribution in [0.4, 0.5) is 23.2 Å². The highest BCUT2D eigenvalue weighted by Gasteiger charge is 2.32. The second-order valence-corrected chi connectivity index (χ2v) is 18.9. The predicted octanol–water partition coefficient (Wildman–Crippen LogP) is 11.1. The van der Waals surface area contributed by atoms with Gasteiger partial charge in [0.1, 0.15) is 42.4 Å². The van der Waals surface area contributed by atoms with E-state index < -0.39 is 46.6 Å². The zero-order chi connectivity index (χ0) is 40.6. The summed E-state index contributed by atoms with van der Waals surface area (Å²) in [4.78, 5) is 14.5. The molecule has 2 aliphatic heterocycles. The highest BCUT2D eigenvalue weighted by atomic mass is 19.2. The lowest BCUT2D eigenvalue weighted by Gasteiger charge is -2.26. The van der Waals surface area contributed by atoms with Crippen molar-refractivity contribution in [3.05, 3.63) is 117 Å². The molecule has 4 aromatic rings. The molecule has 0 bridgehead atoms. The van der Waals surface area contributed by atoms with E-state index in [1.807, 2.05) is 0 Å². The molecule has 0 spiro atoms. The van der Waals surface area contributed by atoms with E-state index in [1.54, 1.807) is 0 Å². The van der Waals surface area contributed by atoms with Crippen LogP contribution in [0.5, 0.6) is 0 Å². The molecule has 0 amide bonds. The number of hydrogen-bond donors (Lipinski definition) is 1. The maximum atomic E-state index is 15.5. The van der Waals surface area contributed by atoms with Crippen molar-refractivity contribution < 1.29 is 27.0 Å². The summed E-state index contributed by atoms with van der Waals surface area (Å²) in [5, 5.41) is 0. The lowest BCUT2D eigenvalue weighted by atomic mass is 9.79. The molecular formula is C45H52F4N4O2. The van der Waals surface area contributed by atoms with Crippen molar-refractivity contribution in [3.8, 4) is 11.1 Å². The van der Waals surface area contributed by atoms with Gasteiger partial charge in [0, 0.05) is 0 Å². The van der Waals surface area contributed by atoms with Crippen LogP contribution < -0.4 is 5.73 Å². The predicted molar refractivity (Wildman–Crippen MR) is 212 cm³/mol. The Morgan fingerprint density at radius 1 is 0.509 bits per heavy atom. The number of aromatic nitrogens is 1. The number of hydrogen-bond acceptors (Lipinski definition) is 6. The van der Waals surface area contributed by atoms with Crippen molar-refractivity contribution in [2.24, 2.45) is 9.98 Å². The summed E-state index contributed by atoms with van der Waals surface area (Å²) in [7, 11) is 0. The summed E-state index contributed by atoms with van der Waals surface area (Å²) < 4.78 is 72.9. The number of nitrogens with two attached hydrogens (primary N) is 1. The Morgan fingerprint density at radius 2 is 0.836 bits per heavy atom. The number of benzene rings is 3. The number of halogens is 4. The first-order chi connectivity index (χ1) is 25.3. The van der Waals surface area contributed by atoms with Crippen LogP contribution in [0.2, 0.25) is 0 Å². The van der Waals surface area contributed by atoms with E-state index in [9.17, 15) is 8.78 Å². The molecule has 6 rings (SSSR count). The minimum atomic E-state index is -1.69. The smallest absolute Gasteiger partial charge is 0.236 e. The fourth-order valence-corrected chi connectivity index (χ4v) is 6.59. The van der Waals surface area contributed by atoms with Gasteiger partial charge in [-0.05, 0) is 72.7 Å². The molecule has 6 nitrogen and oxygen atoms in total. The van der Waals surface area contributed by atoms with Crippen LogP contribution in [0, 0.1) is 23.3 Å². The second kappa shape index (κ2) is 13.8. The van der Waals surface area contributed by atoms with Crippen molar-refractivity contribution in [2.45, 2.75) is 117 Å². The molecule has 2 atom stereocenters. The largest absolute Gasteiger partial charge is 0.474 e. The lowest BCUT2D eigenvalue weighted by Crippen LogP contribution is -2.17. The molecule has 0 aliphatic carbocycles. The Hall–Kier alpha value is -4.73. The summed E-state index contributed by atoms with van der Waals surface area (Å²) >= 11 is 0. The van der Waals surface area contributed by atoms with E-state index in [1.165, 1.54) is 12.1 Å². The van der Waals surface area contributed by atoms with Crippen LogP contribution in [0.15, 0.2) is 58.5 Å². The van der Waals surface area contributed by atoms with Crippen LogP contribution >= 0.6 is 0 Å². The minimum Gasteiger partial charge on any atom is -0.474 e. The number of nitrogens with zero attached hydrogens (tertiary/aromatic N) is 3. The van der Waals surface area contributed by atoms with Gasteiger partial charge in [0.2, 0.25) is 11.8 Å². The Bertz CT molecular complexity index is 2020. The first-order valence-corrected chi connectivity index (χ1v) is 18.7. The summed E-state index contributed by atoms with van der Waals surface area (Å²) in [6, 6.07) is 14.7. The zero-order valence-corrected chi connectivity index (χ0v) is 33.9. The molecule has 0 unspecified atom stereocenters. The van der Waals surface area contributed by atoms with Crippen LogP contribution in [0.25, 0.3) is 11.1 Å². The number of ether oxygens (including phenoxy) is 2. The summed E-state index contributed by atoms with van der Waals surface area (Å²) in [6.45, 7) is 26.2. The van der Waals surface area contributed by atoms with E-state index in [4.69, 9.17) is 30.2 Å². The molecular weight excluding hydrogens is 705 g/mol. The molecule has 2 aliphatic rings. The van der Waals surface area contributed by atoms with Gasteiger partial charge < -0.3 is 15.2 Å². The maximum Gasteiger partial charge on any atom is 0.236 e. The van der Waals surface area contributed by atoms with Gasteiger partial charge in [0.05, 0.1) is 5.56 Å². The molecule has 55 heavy (non-hydrogen) atoms. The minimum absolute atomic E-state index is 0.0916. The number of pyridine rings is 1. The average molecular weight is 757 g/mol. The number of nitrogen functional groups attached to an aromatic ring is 1. The monoisotopic (exact) mass is 756 g/mol. The standard InChI is InChI=1S/C45H52F4N4O2/c1-42(2,3)26-13-23(14-27(19-26)43(4,5)6)32-21-54-40(52-32)30-17-25(34-35(46)37(48)39(50)38(49)36(34)47)18-31(51-30)41-53-33(22-55-41)24-15-28(44(7,8)9)20-29(16-24)45(10,11)12/h13-20,32-33H,21-22,50H2,1-12H3/t32-,33-/m0/s1. The summed E-state index contributed by atoms with van der Waals surface area (Å²) in [6.07, 6.45) is 0. The van der Waals surface area contributed by atoms with Crippen molar-refractivity contribution >= 4 is 17.5 Å². The van der Waals surface area contributed by atoms with Gasteiger partial charge in [-0.2, -0.15) is 0 Å². The van der Waals surface area contributed by atoms with Crippen molar-refractivity contribution in [2.75, 3.05) is 18.9 Å². The Morgan fingerprint density at radius 3 is 1.15 bits per heavy atom. The van der Waals surface area contributed by atoms with Crippen LogP contribution in [0.1, 0.15) is 140 Å². The van der Waals surface area contributed by atoms with Gasteiger partial charge in [-0.15, -0.1) is 0 Å². The molecule has 2 N–H and O–H groups in total. The third-order valence-corrected chi connectivity index (χ3v) is 10.3. The quantitative estimate of drug-likeness (QED) is 0.125. The second-order valence-electron chi connectivity index (χ2n) is 18.9. The normalized spacial score (nSPS) is 17.9. The van der Waals surface area contributed by atoms with Gasteiger partial charge in [0.15, 0.2) is 23.3 Å². The van der Waals surface area contributed by atoms with Crippen molar-refractivity contribution in [3.63, 3.8) is 0 Å². The van der Waals surface area contributed by atoms with Gasteiger partial charge in [0.25, 0.3) is 0 Å². The Labute approximate surface area is 322 Å². The van der Waals surface area contributed by atoms with E-state index in [2.05, 4.69) is 119 Å². The zero-order valence-electron chi connectivity index (χ0n) is 33.9. The SMILES string of the molecule is CC(C)(C)c1cc([C@@H]2COC(c3cc(-c4c(F)c(F)c(N)c(F)c4F)cc(C4=N[C@H](c5cc(C(C)(C)C)cc(C(C)(C)C)c5)CO4)n3)=N2)cc(C(C)(C)C)c1. The summed E-state index contributed by atoms with van der Waals surface area (Å²) in [5.74, 6) is -6.46. The van der Waals surface area contributed by atoms with E-state index >= 15 is 8.78 Å². The van der Waals surface area contributed by atoms with Crippen LogP contribution in [-0.2, 0) is 31.1 Å². The van der Waals surface area contributed by atoms with Gasteiger partial charge in [-0.25, -0.2) is 32.5 Å². The van der Waals surface area contributed by atoms with Gasteiger partial charge >= 0.3 is 0 Å². The molecule has 3 heterocycles. The van der Waals surface area contributed by atoms with Gasteiger partial charge in [-0.3, -0.25) is 0 Å². The Balaban J connectivity index is 1.49. The molecule has 1 aromatic heterocycles. The lowest BCUT2D eigenvalue weighted by molar-refractivity contribution is 0.317. The number of anilines is 1. The number of aliphatic imine (C=N–C) groups is 2. The molecule has 0 radical (unpaired) electrons. The van der Waals surface area contributed by atoms with E-state index in [0.717, 1.165) is 33.4 Å². The maximum absolute atomic E-state index is 15.5. The Kier molecular flexibility index (Phi) is 10.0.